The first-order valence-corrected chi connectivity index (χ1v) is 6.99. The van der Waals surface area contributed by atoms with Crippen molar-refractivity contribution in [3.8, 4) is 0 Å². The Labute approximate surface area is 117 Å². The highest BCUT2D eigenvalue weighted by Gasteiger charge is 2.05. The van der Waals surface area contributed by atoms with Gasteiger partial charge in [0.1, 0.15) is 5.82 Å². The Hall–Kier alpha value is -0.580. The van der Waals surface area contributed by atoms with Gasteiger partial charge in [0.25, 0.3) is 0 Å². The predicted molar refractivity (Wildman–Crippen MR) is 75.5 cm³/mol. The first kappa shape index (κ1) is 12.9. The van der Waals surface area contributed by atoms with Gasteiger partial charge in [0.05, 0.1) is 5.69 Å². The molecule has 0 radical (unpaired) electrons. The van der Waals surface area contributed by atoms with Crippen molar-refractivity contribution in [3.63, 3.8) is 0 Å². The Morgan fingerprint density at radius 2 is 2.18 bits per heavy atom. The molecular weight excluding hydrogens is 325 g/mol. The molecule has 1 nitrogen and oxygen atoms in total. The molecule has 1 N–H and O–H groups in total. The molecule has 90 valence electrons. The molecular formula is C12H10BrClFNS. The summed E-state index contributed by atoms with van der Waals surface area (Å²) in [4.78, 5) is 2.38. The van der Waals surface area contributed by atoms with Gasteiger partial charge in [-0.25, -0.2) is 4.39 Å². The second kappa shape index (κ2) is 5.38. The van der Waals surface area contributed by atoms with Crippen molar-refractivity contribution in [2.24, 2.45) is 0 Å². The fourth-order valence-electron chi connectivity index (χ4n) is 1.42. The van der Waals surface area contributed by atoms with Crippen LogP contribution in [-0.4, -0.2) is 0 Å². The lowest BCUT2D eigenvalue weighted by molar-refractivity contribution is 0.630. The molecule has 1 heterocycles. The average molecular weight is 335 g/mol. The lowest BCUT2D eigenvalue weighted by atomic mass is 10.3. The zero-order valence-corrected chi connectivity index (χ0v) is 12.2. The quantitative estimate of drug-likeness (QED) is 0.811. The summed E-state index contributed by atoms with van der Waals surface area (Å²) in [5, 5.41) is 3.46. The van der Waals surface area contributed by atoms with E-state index >= 15 is 0 Å². The normalized spacial score (nSPS) is 10.6. The number of aryl methyl sites for hydroxylation is 1. The van der Waals surface area contributed by atoms with Crippen molar-refractivity contribution in [3.05, 3.63) is 49.3 Å². The van der Waals surface area contributed by atoms with Crippen LogP contribution in [0.3, 0.4) is 0 Å². The summed E-state index contributed by atoms with van der Waals surface area (Å²) in [7, 11) is 0. The number of nitrogens with one attached hydrogen (secondary N) is 1. The lowest BCUT2D eigenvalue weighted by Crippen LogP contribution is -1.99. The summed E-state index contributed by atoms with van der Waals surface area (Å²) < 4.78 is 14.6. The number of anilines is 1. The SMILES string of the molecule is Cc1sc(CNc2ccc(Cl)cc2F)cc1Br. The van der Waals surface area contributed by atoms with Gasteiger partial charge in [0, 0.05) is 25.8 Å². The van der Waals surface area contributed by atoms with Crippen molar-refractivity contribution in [2.75, 3.05) is 5.32 Å². The summed E-state index contributed by atoms with van der Waals surface area (Å²) in [6, 6.07) is 6.66. The third-order valence-corrected chi connectivity index (χ3v) is 4.66. The molecule has 0 aliphatic carbocycles. The van der Waals surface area contributed by atoms with Crippen molar-refractivity contribution >= 4 is 44.6 Å². The Morgan fingerprint density at radius 3 is 2.76 bits per heavy atom. The zero-order valence-electron chi connectivity index (χ0n) is 9.06. The van der Waals surface area contributed by atoms with E-state index in [2.05, 4.69) is 21.2 Å². The van der Waals surface area contributed by atoms with Gasteiger partial charge in [-0.2, -0.15) is 0 Å². The summed E-state index contributed by atoms with van der Waals surface area (Å²) in [6.07, 6.45) is 0. The number of rotatable bonds is 3. The van der Waals surface area contributed by atoms with Gasteiger partial charge in [-0.05, 0) is 47.1 Å². The van der Waals surface area contributed by atoms with E-state index in [-0.39, 0.29) is 5.82 Å². The maximum absolute atomic E-state index is 13.5. The molecule has 0 saturated carbocycles. The maximum atomic E-state index is 13.5. The van der Waals surface area contributed by atoms with Crippen LogP contribution in [0.15, 0.2) is 28.7 Å². The minimum absolute atomic E-state index is 0.329. The van der Waals surface area contributed by atoms with Crippen molar-refractivity contribution in [1.29, 1.82) is 0 Å². The van der Waals surface area contributed by atoms with Gasteiger partial charge in [-0.15, -0.1) is 11.3 Å². The van der Waals surface area contributed by atoms with Crippen LogP contribution in [0.25, 0.3) is 0 Å². The first-order valence-electron chi connectivity index (χ1n) is 5.00. The number of hydrogen-bond acceptors (Lipinski definition) is 2. The van der Waals surface area contributed by atoms with Gasteiger partial charge in [-0.3, -0.25) is 0 Å². The molecule has 0 atom stereocenters. The molecule has 0 bridgehead atoms. The molecule has 1 aromatic carbocycles. The fraction of sp³-hybridized carbons (Fsp3) is 0.167. The van der Waals surface area contributed by atoms with Crippen LogP contribution >= 0.6 is 38.9 Å². The Balaban J connectivity index is 2.07. The minimum Gasteiger partial charge on any atom is -0.378 e. The molecule has 0 aliphatic heterocycles. The summed E-state index contributed by atoms with van der Waals surface area (Å²) in [5.74, 6) is -0.329. The lowest BCUT2D eigenvalue weighted by Gasteiger charge is -2.06. The Bertz CT molecular complexity index is 522. The van der Waals surface area contributed by atoms with E-state index < -0.39 is 0 Å². The molecule has 1 aromatic heterocycles. The smallest absolute Gasteiger partial charge is 0.147 e. The molecule has 0 saturated heterocycles. The molecule has 17 heavy (non-hydrogen) atoms. The van der Waals surface area contributed by atoms with Crippen LogP contribution in [0.2, 0.25) is 5.02 Å². The first-order chi connectivity index (χ1) is 8.06. The van der Waals surface area contributed by atoms with Crippen molar-refractivity contribution in [1.82, 2.24) is 0 Å². The Kier molecular flexibility index (Phi) is 4.07. The van der Waals surface area contributed by atoms with E-state index in [4.69, 9.17) is 11.6 Å². The number of thiophene rings is 1. The van der Waals surface area contributed by atoms with Gasteiger partial charge in [0.2, 0.25) is 0 Å². The second-order valence-electron chi connectivity index (χ2n) is 3.59. The Morgan fingerprint density at radius 1 is 1.41 bits per heavy atom. The standard InChI is InChI=1S/C12H10BrClFNS/c1-7-10(13)5-9(17-7)6-16-12-3-2-8(14)4-11(12)15/h2-5,16H,6H2,1H3. The highest BCUT2D eigenvalue weighted by molar-refractivity contribution is 9.10. The van der Waals surface area contributed by atoms with Crippen LogP contribution in [0, 0.1) is 12.7 Å². The van der Waals surface area contributed by atoms with Crippen LogP contribution in [-0.2, 0) is 6.54 Å². The molecule has 0 unspecified atom stereocenters. The molecule has 5 heteroatoms. The third kappa shape index (κ3) is 3.21. The molecule has 2 rings (SSSR count). The zero-order chi connectivity index (χ0) is 12.4. The van der Waals surface area contributed by atoms with Gasteiger partial charge in [-0.1, -0.05) is 11.6 Å². The van der Waals surface area contributed by atoms with E-state index in [1.165, 1.54) is 10.9 Å². The van der Waals surface area contributed by atoms with E-state index in [1.54, 1.807) is 23.5 Å². The topological polar surface area (TPSA) is 12.0 Å². The van der Waals surface area contributed by atoms with Crippen LogP contribution in [0.4, 0.5) is 10.1 Å². The number of hydrogen-bond donors (Lipinski definition) is 1. The minimum atomic E-state index is -0.329. The van der Waals surface area contributed by atoms with E-state index in [1.807, 2.05) is 13.0 Å². The molecule has 0 amide bonds. The van der Waals surface area contributed by atoms with Crippen molar-refractivity contribution < 1.29 is 4.39 Å². The number of benzene rings is 1. The van der Waals surface area contributed by atoms with Crippen molar-refractivity contribution in [2.45, 2.75) is 13.5 Å². The number of halogens is 3. The van der Waals surface area contributed by atoms with Crippen LogP contribution < -0.4 is 5.32 Å². The maximum Gasteiger partial charge on any atom is 0.147 e. The molecule has 2 aromatic rings. The fourth-order valence-corrected chi connectivity index (χ4v) is 3.12. The van der Waals surface area contributed by atoms with E-state index in [9.17, 15) is 4.39 Å². The largest absolute Gasteiger partial charge is 0.378 e. The second-order valence-corrected chi connectivity index (χ2v) is 6.23. The summed E-state index contributed by atoms with van der Waals surface area (Å²) >= 11 is 10.8. The molecule has 0 aliphatic rings. The summed E-state index contributed by atoms with van der Waals surface area (Å²) in [5.41, 5.74) is 0.469. The van der Waals surface area contributed by atoms with Gasteiger partial charge >= 0.3 is 0 Å². The predicted octanol–water partition coefficient (Wildman–Crippen LogP) is 5.22. The van der Waals surface area contributed by atoms with E-state index in [0.29, 0.717) is 17.3 Å². The van der Waals surface area contributed by atoms with Gasteiger partial charge < -0.3 is 5.32 Å². The third-order valence-electron chi connectivity index (χ3n) is 2.29. The van der Waals surface area contributed by atoms with E-state index in [0.717, 1.165) is 9.35 Å². The van der Waals surface area contributed by atoms with Gasteiger partial charge in [0.15, 0.2) is 0 Å². The van der Waals surface area contributed by atoms with Crippen LogP contribution in [0.1, 0.15) is 9.75 Å². The monoisotopic (exact) mass is 333 g/mol. The summed E-state index contributed by atoms with van der Waals surface area (Å²) in [6.45, 7) is 2.65. The highest BCUT2D eigenvalue weighted by Crippen LogP contribution is 2.27. The molecule has 0 spiro atoms. The van der Waals surface area contributed by atoms with Crippen LogP contribution in [0.5, 0.6) is 0 Å². The molecule has 0 fully saturated rings. The average Bonchev–Trinajstić information content (AvgIpc) is 2.57. The highest BCUT2D eigenvalue weighted by atomic mass is 79.9.